The van der Waals surface area contributed by atoms with E-state index in [0.29, 0.717) is 55.7 Å². The first-order valence-electron chi connectivity index (χ1n) is 41.1. The molecule has 92 heavy (non-hydrogen) atoms. The summed E-state index contributed by atoms with van der Waals surface area (Å²) in [7, 11) is 0. The highest BCUT2D eigenvalue weighted by atomic mass is 16.3. The molecule has 0 aliphatic carbocycles. The molecular formula is C86H65BN4O. The van der Waals surface area contributed by atoms with Crippen LogP contribution in [-0.4, -0.2) is 15.8 Å². The van der Waals surface area contributed by atoms with Crippen LogP contribution in [0.15, 0.2) is 289 Å². The van der Waals surface area contributed by atoms with Crippen LogP contribution >= 0.6 is 0 Å². The van der Waals surface area contributed by atoms with E-state index in [1.807, 2.05) is 84.9 Å². The zero-order valence-electron chi connectivity index (χ0n) is 71.8. The topological polar surface area (TPSA) is 29.5 Å². The maximum absolute atomic E-state index is 9.72. The van der Waals surface area contributed by atoms with Crippen LogP contribution in [0.5, 0.6) is 0 Å². The van der Waals surface area contributed by atoms with Crippen molar-refractivity contribution >= 4 is 123 Å². The third-order valence-corrected chi connectivity index (χ3v) is 18.4. The number of anilines is 6. The van der Waals surface area contributed by atoms with Gasteiger partial charge in [-0.05, 0) is 139 Å². The molecule has 0 atom stereocenters. The first-order valence-corrected chi connectivity index (χ1v) is 30.6. The van der Waals surface area contributed by atoms with Gasteiger partial charge in [0, 0.05) is 71.9 Å². The molecule has 0 bridgehead atoms. The molecule has 13 aromatic carbocycles. The molecule has 0 saturated carbocycles. The fourth-order valence-corrected chi connectivity index (χ4v) is 14.1. The maximum atomic E-state index is 9.72. The molecule has 0 N–H and O–H groups in total. The van der Waals surface area contributed by atoms with E-state index in [0.717, 1.165) is 44.5 Å². The summed E-state index contributed by atoms with van der Waals surface area (Å²) in [6.45, 7) is 12.0. The Morgan fingerprint density at radius 3 is 1.34 bits per heavy atom. The van der Waals surface area contributed by atoms with E-state index in [2.05, 4.69) is 99.9 Å². The fourth-order valence-electron chi connectivity index (χ4n) is 14.1. The summed E-state index contributed by atoms with van der Waals surface area (Å²) < 4.78 is 204. The van der Waals surface area contributed by atoms with Gasteiger partial charge in [-0.1, -0.05) is 247 Å². The molecule has 0 fully saturated rings. The van der Waals surface area contributed by atoms with Gasteiger partial charge in [0.15, 0.2) is 11.2 Å². The molecule has 6 heteroatoms. The van der Waals surface area contributed by atoms with Gasteiger partial charge in [0.25, 0.3) is 6.71 Å². The Morgan fingerprint density at radius 2 is 0.793 bits per heavy atom. The number of hydrogen-bond acceptors (Lipinski definition) is 3. The van der Waals surface area contributed by atoms with E-state index in [9.17, 15) is 16.4 Å². The van der Waals surface area contributed by atoms with Crippen LogP contribution in [-0.2, 0) is 10.8 Å². The molecule has 16 aromatic rings. The van der Waals surface area contributed by atoms with Gasteiger partial charge >= 0.3 is 0 Å². The van der Waals surface area contributed by atoms with Crippen molar-refractivity contribution in [1.29, 1.82) is 0 Å². The van der Waals surface area contributed by atoms with Crippen LogP contribution in [0.25, 0.3) is 110 Å². The molecule has 3 aromatic heterocycles. The second kappa shape index (κ2) is 20.2. The molecule has 0 saturated heterocycles. The lowest BCUT2D eigenvalue weighted by molar-refractivity contribution is 0.590. The van der Waals surface area contributed by atoms with E-state index in [4.69, 9.17) is 16.8 Å². The van der Waals surface area contributed by atoms with Crippen molar-refractivity contribution in [3.63, 3.8) is 0 Å². The Hall–Kier alpha value is -11.1. The summed E-state index contributed by atoms with van der Waals surface area (Å²) >= 11 is 0. The normalized spacial score (nSPS) is 16.2. The first kappa shape index (κ1) is 36.6. The monoisotopic (exact) mass is 1200 g/mol. The van der Waals surface area contributed by atoms with Crippen molar-refractivity contribution < 1.29 is 33.2 Å². The minimum atomic E-state index is -0.798. The largest absolute Gasteiger partial charge is 0.452 e. The fraction of sp³-hybridized carbons (Fsp3) is 0.0930. The quantitative estimate of drug-likeness (QED) is 0.149. The van der Waals surface area contributed by atoms with Crippen molar-refractivity contribution in [3.05, 3.63) is 296 Å². The zero-order valence-corrected chi connectivity index (χ0v) is 50.8. The third-order valence-electron chi connectivity index (χ3n) is 18.4. The number of furan rings is 1. The molecular weight excluding hydrogens is 1120 g/mol. The van der Waals surface area contributed by atoms with Gasteiger partial charge in [-0.25, -0.2) is 0 Å². The van der Waals surface area contributed by atoms with Crippen LogP contribution in [0.3, 0.4) is 0 Å². The van der Waals surface area contributed by atoms with Crippen molar-refractivity contribution in [2.45, 2.75) is 52.4 Å². The summed E-state index contributed by atoms with van der Waals surface area (Å²) in [5, 5.41) is 0.507. The van der Waals surface area contributed by atoms with Gasteiger partial charge in [0.05, 0.1) is 67.9 Å². The van der Waals surface area contributed by atoms with Crippen LogP contribution < -0.4 is 26.2 Å². The Bertz CT molecular complexity index is 6760. The highest BCUT2D eigenvalue weighted by Gasteiger charge is 2.46. The Balaban J connectivity index is 1.03. The molecule has 438 valence electrons. The summed E-state index contributed by atoms with van der Waals surface area (Å²) in [6, 6.07) is 39.5. The lowest BCUT2D eigenvalue weighted by Crippen LogP contribution is -2.61. The number of hydrogen-bond donors (Lipinski definition) is 0. The third kappa shape index (κ3) is 8.12. The number of rotatable bonds is 7. The molecule has 2 aliphatic rings. The standard InChI is InChI=1S/C86H65BN4O/c1-85(2,3)58-49-67(55-28-12-8-13-29-55)82(68(50-58)56-30-14-9-15-31-56)91-77-48-57(54-26-10-7-11-27-54)44-46-69(77)87-70-47-45-60(88-71-38-20-16-32-61(71)62-33-17-21-39-72(62)88)53-78(70)90(79-51-59(86(4,5)6)52-80(91)81(79)87)76-43-25-37-66-65-36-24-42-75(83(65)92-84(66)76)89-73-40-22-18-34-63(73)64-35-19-23-41-74(64)89/h7-53H,1-6H3/i7D,10D,11D,16D,17D,18D,19D,20D,21D,22D,23D,26D,27D,32D,33D,34D,35D,38D,39D,40D,41D. The Kier molecular flexibility index (Phi) is 8.03. The van der Waals surface area contributed by atoms with Crippen molar-refractivity contribution in [3.8, 4) is 44.8 Å². The zero-order chi connectivity index (χ0) is 80.0. The molecule has 5 heterocycles. The lowest BCUT2D eigenvalue weighted by Gasteiger charge is -2.46. The SMILES string of the molecule is [2H]c1c([2H])c([2H])c(-c2ccc3c(c2)N(c2c(-c4ccccc4)cc(C(C)(C)C)cc2-c2ccccc2)c2cc(C(C)(C)C)cc4c2B3c2ccc(-n3c5c([2H])c([2H])c([2H])c([2H])c5c5c([2H])c([2H])c([2H])c([2H])c53)cc2N4c2cccc3c2oc2c(-n4c5c([2H])c([2H])c([2H])c([2H])c5c5c([2H])c([2H])c([2H])c([2H])c54)cccc23)c([2H])c1[2H]. The highest BCUT2D eigenvalue weighted by molar-refractivity contribution is 7.00. The molecule has 0 spiro atoms. The van der Waals surface area contributed by atoms with Gasteiger partial charge in [0.1, 0.15) is 0 Å². The minimum Gasteiger partial charge on any atom is -0.452 e. The van der Waals surface area contributed by atoms with E-state index in [-0.39, 0.29) is 71.7 Å². The summed E-state index contributed by atoms with van der Waals surface area (Å²) in [6.07, 6.45) is 0. The average Bonchev–Trinajstić information content (AvgIpc) is 1.53. The second-order valence-corrected chi connectivity index (χ2v) is 25.7. The van der Waals surface area contributed by atoms with E-state index >= 15 is 0 Å². The first-order chi connectivity index (χ1) is 53.6. The number of aromatic nitrogens is 2. The van der Waals surface area contributed by atoms with Crippen LogP contribution in [0.2, 0.25) is 0 Å². The van der Waals surface area contributed by atoms with E-state index in [1.54, 1.807) is 24.3 Å². The number of para-hydroxylation sites is 6. The molecule has 18 rings (SSSR count). The number of fused-ring (bicyclic) bond motifs is 13. The minimum absolute atomic E-state index is 0.0284. The van der Waals surface area contributed by atoms with E-state index in [1.165, 1.54) is 9.13 Å². The van der Waals surface area contributed by atoms with Gasteiger partial charge in [0.2, 0.25) is 0 Å². The summed E-state index contributed by atoms with van der Waals surface area (Å²) in [5.41, 5.74) is 10.2. The molecule has 0 unspecified atom stereocenters. The Labute approximate surface area is 565 Å². The van der Waals surface area contributed by atoms with Crippen LogP contribution in [0.4, 0.5) is 34.1 Å². The number of benzene rings is 13. The number of nitrogens with zero attached hydrogens (tertiary/aromatic N) is 4. The molecule has 0 radical (unpaired) electrons. The average molecular weight is 1200 g/mol. The smallest absolute Gasteiger partial charge is 0.252 e. The van der Waals surface area contributed by atoms with Crippen molar-refractivity contribution in [2.24, 2.45) is 0 Å². The van der Waals surface area contributed by atoms with Crippen LogP contribution in [0.1, 0.15) is 81.5 Å². The molecule has 0 amide bonds. The predicted molar refractivity (Wildman–Crippen MR) is 390 cm³/mol. The molecule has 5 nitrogen and oxygen atoms in total. The van der Waals surface area contributed by atoms with Gasteiger partial charge in [-0.3, -0.25) is 0 Å². The van der Waals surface area contributed by atoms with E-state index < -0.39 is 144 Å². The maximum Gasteiger partial charge on any atom is 0.252 e. The van der Waals surface area contributed by atoms with Crippen LogP contribution in [0, 0.1) is 0 Å². The predicted octanol–water partition coefficient (Wildman–Crippen LogP) is 21.5. The lowest BCUT2D eigenvalue weighted by atomic mass is 9.33. The Morgan fingerprint density at radius 1 is 0.337 bits per heavy atom. The molecule has 2 aliphatic heterocycles. The van der Waals surface area contributed by atoms with Crippen molar-refractivity contribution in [1.82, 2.24) is 9.13 Å². The highest BCUT2D eigenvalue weighted by Crippen LogP contribution is 2.54. The van der Waals surface area contributed by atoms with Gasteiger partial charge in [-0.2, -0.15) is 0 Å². The summed E-state index contributed by atoms with van der Waals surface area (Å²) in [4.78, 5) is 4.30. The van der Waals surface area contributed by atoms with Gasteiger partial charge < -0.3 is 23.4 Å². The summed E-state index contributed by atoms with van der Waals surface area (Å²) in [5.74, 6) is 0. The second-order valence-electron chi connectivity index (χ2n) is 25.7. The van der Waals surface area contributed by atoms with Crippen molar-refractivity contribution in [2.75, 3.05) is 9.80 Å². The van der Waals surface area contributed by atoms with Gasteiger partial charge in [-0.15, -0.1) is 0 Å².